The first-order valence-corrected chi connectivity index (χ1v) is 11.9. The van der Waals surface area contributed by atoms with Crippen LogP contribution in [0.25, 0.3) is 6.08 Å². The smallest absolute Gasteiger partial charge is 0.315 e. The maximum Gasteiger partial charge on any atom is 0.315 e. The summed E-state index contributed by atoms with van der Waals surface area (Å²) in [7, 11) is 1.34. The summed E-state index contributed by atoms with van der Waals surface area (Å²) in [6.07, 6.45) is 1.59. The Kier molecular flexibility index (Phi) is 9.50. The molecule has 0 saturated heterocycles. The Morgan fingerprint density at radius 3 is 2.29 bits per heavy atom. The number of carbonyl (C=O) groups is 3. The molecule has 0 heterocycles. The Balaban J connectivity index is 1.82. The maximum absolute atomic E-state index is 13.2. The monoisotopic (exact) mass is 490 g/mol. The van der Waals surface area contributed by atoms with Gasteiger partial charge in [-0.3, -0.25) is 14.4 Å². The second-order valence-electron chi connectivity index (χ2n) is 7.19. The second-order valence-corrected chi connectivity index (χ2v) is 8.24. The molecule has 0 fully saturated rings. The molecule has 0 spiro atoms. The van der Waals surface area contributed by atoms with Gasteiger partial charge in [-0.1, -0.05) is 36.4 Å². The van der Waals surface area contributed by atoms with Crippen LogP contribution in [0, 0.1) is 0 Å². The number of methoxy groups -OCH3 is 1. The predicted molar refractivity (Wildman–Crippen MR) is 137 cm³/mol. The fourth-order valence-corrected chi connectivity index (χ4v) is 3.75. The molecule has 7 nitrogen and oxygen atoms in total. The van der Waals surface area contributed by atoms with Gasteiger partial charge in [-0.2, -0.15) is 0 Å². The molecule has 0 aromatic heterocycles. The molecule has 2 N–H and O–H groups in total. The van der Waals surface area contributed by atoms with Gasteiger partial charge in [-0.25, -0.2) is 0 Å². The number of esters is 1. The van der Waals surface area contributed by atoms with Crippen molar-refractivity contribution in [1.29, 1.82) is 0 Å². The number of benzene rings is 3. The third-order valence-corrected chi connectivity index (χ3v) is 5.73. The van der Waals surface area contributed by atoms with Crippen LogP contribution < -0.4 is 15.4 Å². The van der Waals surface area contributed by atoms with Gasteiger partial charge in [0.05, 0.1) is 19.5 Å². The van der Waals surface area contributed by atoms with E-state index < -0.39 is 11.8 Å². The third kappa shape index (κ3) is 7.75. The number of hydrogen-bond donors (Lipinski definition) is 2. The SMILES string of the molecule is CCOc1ccccc1/C=C(\NC(=O)c1ccccc1)C(=O)Nc1ccc(SCC(=O)OC)cc1. The van der Waals surface area contributed by atoms with E-state index in [4.69, 9.17) is 4.74 Å². The van der Waals surface area contributed by atoms with Crippen molar-refractivity contribution in [2.75, 3.05) is 24.8 Å². The molecule has 0 bridgehead atoms. The zero-order valence-corrected chi connectivity index (χ0v) is 20.3. The van der Waals surface area contributed by atoms with Gasteiger partial charge in [-0.05, 0) is 55.5 Å². The van der Waals surface area contributed by atoms with Crippen molar-refractivity contribution in [2.24, 2.45) is 0 Å². The fraction of sp³-hybridized carbons (Fsp3) is 0.148. The van der Waals surface area contributed by atoms with Crippen molar-refractivity contribution in [3.8, 4) is 5.75 Å². The molecule has 0 aliphatic heterocycles. The van der Waals surface area contributed by atoms with E-state index in [1.165, 1.54) is 18.9 Å². The molecule has 0 saturated carbocycles. The summed E-state index contributed by atoms with van der Waals surface area (Å²) in [5.74, 6) is -0.421. The average Bonchev–Trinajstić information content (AvgIpc) is 2.89. The Morgan fingerprint density at radius 2 is 1.60 bits per heavy atom. The van der Waals surface area contributed by atoms with Crippen molar-refractivity contribution >= 4 is 41.3 Å². The van der Waals surface area contributed by atoms with Gasteiger partial charge in [0, 0.05) is 21.7 Å². The minimum Gasteiger partial charge on any atom is -0.493 e. The molecule has 3 aromatic carbocycles. The Bertz CT molecular complexity index is 1190. The molecule has 35 heavy (non-hydrogen) atoms. The summed E-state index contributed by atoms with van der Waals surface area (Å²) in [5.41, 5.74) is 1.68. The number of amides is 2. The van der Waals surface area contributed by atoms with Crippen LogP contribution in [0.15, 0.2) is 89.5 Å². The van der Waals surface area contributed by atoms with Crippen LogP contribution >= 0.6 is 11.8 Å². The zero-order valence-electron chi connectivity index (χ0n) is 19.4. The van der Waals surface area contributed by atoms with E-state index in [2.05, 4.69) is 15.4 Å². The van der Waals surface area contributed by atoms with E-state index in [1.54, 1.807) is 66.7 Å². The van der Waals surface area contributed by atoms with E-state index >= 15 is 0 Å². The number of thioether (sulfide) groups is 1. The van der Waals surface area contributed by atoms with Crippen LogP contribution in [0.3, 0.4) is 0 Å². The minimum atomic E-state index is -0.490. The Hall–Kier alpha value is -4.04. The molecule has 0 atom stereocenters. The lowest BCUT2D eigenvalue weighted by molar-refractivity contribution is -0.137. The maximum atomic E-state index is 13.2. The minimum absolute atomic E-state index is 0.0650. The lowest BCUT2D eigenvalue weighted by atomic mass is 10.1. The summed E-state index contributed by atoms with van der Waals surface area (Å²) in [5, 5.41) is 5.53. The largest absolute Gasteiger partial charge is 0.493 e. The highest BCUT2D eigenvalue weighted by molar-refractivity contribution is 8.00. The molecule has 0 aliphatic rings. The third-order valence-electron chi connectivity index (χ3n) is 4.74. The number of carbonyl (C=O) groups excluding carboxylic acids is 3. The highest BCUT2D eigenvalue weighted by atomic mass is 32.2. The molecule has 0 aliphatic carbocycles. The number of rotatable bonds is 10. The van der Waals surface area contributed by atoms with Gasteiger partial charge in [0.2, 0.25) is 0 Å². The van der Waals surface area contributed by atoms with Gasteiger partial charge >= 0.3 is 5.97 Å². The van der Waals surface area contributed by atoms with Crippen LogP contribution in [-0.2, 0) is 14.3 Å². The quantitative estimate of drug-likeness (QED) is 0.242. The van der Waals surface area contributed by atoms with Crippen LogP contribution in [-0.4, -0.2) is 37.3 Å². The van der Waals surface area contributed by atoms with Crippen molar-refractivity contribution in [1.82, 2.24) is 5.32 Å². The lowest BCUT2D eigenvalue weighted by Gasteiger charge is -2.13. The first-order valence-electron chi connectivity index (χ1n) is 10.9. The van der Waals surface area contributed by atoms with Gasteiger partial charge < -0.3 is 20.1 Å². The fourth-order valence-electron chi connectivity index (χ4n) is 3.02. The number of hydrogen-bond acceptors (Lipinski definition) is 6. The van der Waals surface area contributed by atoms with Crippen LogP contribution in [0.5, 0.6) is 5.75 Å². The molecule has 2 amide bonds. The standard InChI is InChI=1S/C27H26N2O5S/c1-3-34-24-12-8-7-11-20(24)17-23(29-26(31)19-9-5-4-6-10-19)27(32)28-21-13-15-22(16-14-21)35-18-25(30)33-2/h4-17H,3,18H2,1-2H3,(H,28,32)(H,29,31)/b23-17-. The summed E-state index contributed by atoms with van der Waals surface area (Å²) >= 11 is 1.33. The van der Waals surface area contributed by atoms with Gasteiger partial charge in [0.25, 0.3) is 11.8 Å². The van der Waals surface area contributed by atoms with Crippen molar-refractivity contribution in [3.63, 3.8) is 0 Å². The van der Waals surface area contributed by atoms with Crippen LogP contribution in [0.1, 0.15) is 22.8 Å². The van der Waals surface area contributed by atoms with Crippen LogP contribution in [0.2, 0.25) is 0 Å². The molecule has 8 heteroatoms. The molecule has 3 aromatic rings. The van der Waals surface area contributed by atoms with E-state index in [9.17, 15) is 14.4 Å². The molecular formula is C27H26N2O5S. The highest BCUT2D eigenvalue weighted by Crippen LogP contribution is 2.23. The van der Waals surface area contributed by atoms with E-state index in [1.807, 2.05) is 25.1 Å². The van der Waals surface area contributed by atoms with E-state index in [-0.39, 0.29) is 17.4 Å². The molecule has 0 radical (unpaired) electrons. The molecular weight excluding hydrogens is 464 g/mol. The Morgan fingerprint density at radius 1 is 0.914 bits per heavy atom. The summed E-state index contributed by atoms with van der Waals surface area (Å²) in [6, 6.07) is 23.0. The number of para-hydroxylation sites is 1. The van der Waals surface area contributed by atoms with Gasteiger partial charge in [-0.15, -0.1) is 11.8 Å². The van der Waals surface area contributed by atoms with Crippen molar-refractivity contribution in [3.05, 3.63) is 95.7 Å². The lowest BCUT2D eigenvalue weighted by Crippen LogP contribution is -2.30. The highest BCUT2D eigenvalue weighted by Gasteiger charge is 2.16. The van der Waals surface area contributed by atoms with E-state index in [0.717, 1.165) is 4.90 Å². The predicted octanol–water partition coefficient (Wildman–Crippen LogP) is 4.76. The average molecular weight is 491 g/mol. The van der Waals surface area contributed by atoms with Crippen molar-refractivity contribution < 1.29 is 23.9 Å². The molecule has 180 valence electrons. The van der Waals surface area contributed by atoms with Crippen LogP contribution in [0.4, 0.5) is 5.69 Å². The van der Waals surface area contributed by atoms with Crippen molar-refractivity contribution in [2.45, 2.75) is 11.8 Å². The topological polar surface area (TPSA) is 93.7 Å². The molecule has 3 rings (SSSR count). The first kappa shape index (κ1) is 25.6. The molecule has 0 unspecified atom stereocenters. The number of nitrogens with one attached hydrogen (secondary N) is 2. The van der Waals surface area contributed by atoms with Gasteiger partial charge in [0.1, 0.15) is 11.4 Å². The number of ether oxygens (including phenoxy) is 2. The summed E-state index contributed by atoms with van der Waals surface area (Å²) in [6.45, 7) is 2.33. The normalized spacial score (nSPS) is 10.9. The second kappa shape index (κ2) is 13.0. The van der Waals surface area contributed by atoms with Gasteiger partial charge in [0.15, 0.2) is 0 Å². The zero-order chi connectivity index (χ0) is 25.0. The Labute approximate surface area is 208 Å². The summed E-state index contributed by atoms with van der Waals surface area (Å²) in [4.78, 5) is 38.2. The van der Waals surface area contributed by atoms with E-state index in [0.29, 0.717) is 29.2 Å². The summed E-state index contributed by atoms with van der Waals surface area (Å²) < 4.78 is 10.3. The first-order chi connectivity index (χ1) is 17.0. The number of anilines is 1.